The van der Waals surface area contributed by atoms with Gasteiger partial charge in [-0.1, -0.05) is 30.3 Å². The number of nitrogens with one attached hydrogen (secondary N) is 3. The number of benzene rings is 1. The lowest BCUT2D eigenvalue weighted by molar-refractivity contribution is -0.124. The summed E-state index contributed by atoms with van der Waals surface area (Å²) < 4.78 is 30.2. The smallest absolute Gasteiger partial charge is 0.408 e. The molecule has 0 unspecified atom stereocenters. The van der Waals surface area contributed by atoms with E-state index in [0.29, 0.717) is 25.0 Å². The van der Waals surface area contributed by atoms with Gasteiger partial charge in [0.25, 0.3) is 0 Å². The van der Waals surface area contributed by atoms with Crippen molar-refractivity contribution < 1.29 is 32.6 Å². The van der Waals surface area contributed by atoms with Gasteiger partial charge >= 0.3 is 12.2 Å². The highest BCUT2D eigenvalue weighted by atomic mass is 32.2. The molecule has 0 aliphatic heterocycles. The van der Waals surface area contributed by atoms with Crippen molar-refractivity contribution in [3.8, 4) is 0 Å². The molecule has 2 rings (SSSR count). The molecule has 3 amide bonds. The van der Waals surface area contributed by atoms with Gasteiger partial charge in [0.2, 0.25) is 5.91 Å². The Morgan fingerprint density at radius 1 is 1.14 bits per heavy atom. The minimum Gasteiger partial charge on any atom is -0.465 e. The number of rotatable bonds is 11. The Balaban J connectivity index is 2.10. The first kappa shape index (κ1) is 30.8. The SMILES string of the molecule is CSCC[C@H](NC(=O)OCc1ccccc1)C(=O)N[C@H]1CC[C@@H](NC(=O)O)C[C@H]1CS(=O)(=O)C(C)(C)C. The molecule has 1 fully saturated rings. The summed E-state index contributed by atoms with van der Waals surface area (Å²) in [4.78, 5) is 36.8. The van der Waals surface area contributed by atoms with Gasteiger partial charge in [0.15, 0.2) is 9.84 Å². The lowest BCUT2D eigenvalue weighted by atomic mass is 9.82. The van der Waals surface area contributed by atoms with Crippen LogP contribution in [-0.2, 0) is 26.0 Å². The molecule has 208 valence electrons. The summed E-state index contributed by atoms with van der Waals surface area (Å²) in [5.74, 6) is -0.460. The van der Waals surface area contributed by atoms with Crippen LogP contribution in [0.2, 0.25) is 0 Å². The zero-order valence-corrected chi connectivity index (χ0v) is 23.5. The number of hydrogen-bond donors (Lipinski definition) is 4. The Kier molecular flexibility index (Phi) is 11.5. The van der Waals surface area contributed by atoms with E-state index in [1.807, 2.05) is 36.6 Å². The van der Waals surface area contributed by atoms with Crippen molar-refractivity contribution in [2.75, 3.05) is 17.8 Å². The highest BCUT2D eigenvalue weighted by Crippen LogP contribution is 2.30. The Morgan fingerprint density at radius 2 is 1.81 bits per heavy atom. The number of thioether (sulfide) groups is 1. The van der Waals surface area contributed by atoms with Gasteiger partial charge in [-0.05, 0) is 69.9 Å². The summed E-state index contributed by atoms with van der Waals surface area (Å²) in [6, 6.07) is 7.45. The van der Waals surface area contributed by atoms with E-state index in [4.69, 9.17) is 9.84 Å². The first-order valence-electron chi connectivity index (χ1n) is 12.3. The number of ether oxygens (including phenoxy) is 1. The number of hydrogen-bond acceptors (Lipinski definition) is 7. The van der Waals surface area contributed by atoms with Gasteiger partial charge in [0.05, 0.1) is 10.5 Å². The first-order valence-corrected chi connectivity index (χ1v) is 15.3. The molecule has 4 atom stereocenters. The third kappa shape index (κ3) is 10.1. The standard InChI is InChI=1S/C25H39N3O7S2/c1-25(2,3)37(33,34)16-18-14-19(26-23(30)31)10-11-20(18)27-22(29)21(12-13-36-4)28-24(32)35-15-17-8-6-5-7-9-17/h5-9,18-21,26H,10-16H2,1-4H3,(H,27,29)(H,28,32)(H,30,31)/t18-,19+,20-,21-/m0/s1. The van der Waals surface area contributed by atoms with Crippen LogP contribution in [0.25, 0.3) is 0 Å². The average molecular weight is 558 g/mol. The van der Waals surface area contributed by atoms with Crippen molar-refractivity contribution in [1.29, 1.82) is 0 Å². The van der Waals surface area contributed by atoms with Gasteiger partial charge in [-0.2, -0.15) is 11.8 Å². The van der Waals surface area contributed by atoms with Crippen molar-refractivity contribution in [2.24, 2.45) is 5.92 Å². The van der Waals surface area contributed by atoms with Gasteiger partial charge < -0.3 is 25.8 Å². The third-order valence-corrected chi connectivity index (χ3v) is 9.81. The van der Waals surface area contributed by atoms with Crippen LogP contribution in [-0.4, -0.2) is 72.3 Å². The second-order valence-corrected chi connectivity index (χ2v) is 14.0. The van der Waals surface area contributed by atoms with Crippen LogP contribution in [0.1, 0.15) is 52.0 Å². The van der Waals surface area contributed by atoms with E-state index >= 15 is 0 Å². The maximum atomic E-state index is 13.2. The minimum atomic E-state index is -3.52. The second-order valence-electron chi connectivity index (χ2n) is 10.3. The van der Waals surface area contributed by atoms with Crippen LogP contribution < -0.4 is 16.0 Å². The maximum Gasteiger partial charge on any atom is 0.408 e. The van der Waals surface area contributed by atoms with Crippen molar-refractivity contribution in [2.45, 2.75) is 75.9 Å². The molecule has 10 nitrogen and oxygen atoms in total. The molecule has 1 aromatic rings. The van der Waals surface area contributed by atoms with E-state index in [1.165, 1.54) is 11.8 Å². The maximum absolute atomic E-state index is 13.2. The molecule has 12 heteroatoms. The van der Waals surface area contributed by atoms with Gasteiger partial charge in [-0.3, -0.25) is 4.79 Å². The summed E-state index contributed by atoms with van der Waals surface area (Å²) >= 11 is 1.53. The number of sulfone groups is 1. The van der Waals surface area contributed by atoms with Gasteiger partial charge in [-0.15, -0.1) is 0 Å². The van der Waals surface area contributed by atoms with E-state index < -0.39 is 56.7 Å². The lowest BCUT2D eigenvalue weighted by Gasteiger charge is -2.38. The van der Waals surface area contributed by atoms with Crippen LogP contribution in [0.15, 0.2) is 30.3 Å². The fourth-order valence-electron chi connectivity index (χ4n) is 4.17. The average Bonchev–Trinajstić information content (AvgIpc) is 2.81. The van der Waals surface area contributed by atoms with Crippen molar-refractivity contribution in [1.82, 2.24) is 16.0 Å². The Morgan fingerprint density at radius 3 is 2.41 bits per heavy atom. The van der Waals surface area contributed by atoms with E-state index in [9.17, 15) is 22.8 Å². The quantitative estimate of drug-likeness (QED) is 0.324. The van der Waals surface area contributed by atoms with Gasteiger partial charge in [0, 0.05) is 12.1 Å². The summed E-state index contributed by atoms with van der Waals surface area (Å²) in [6.07, 6.45) is 1.54. The molecule has 0 saturated heterocycles. The summed E-state index contributed by atoms with van der Waals surface area (Å²) in [5.41, 5.74) is 0.817. The largest absolute Gasteiger partial charge is 0.465 e. The van der Waals surface area contributed by atoms with Crippen molar-refractivity contribution >= 4 is 39.7 Å². The van der Waals surface area contributed by atoms with E-state index in [1.54, 1.807) is 20.8 Å². The highest BCUT2D eigenvalue weighted by Gasteiger charge is 2.39. The number of carbonyl (C=O) groups is 3. The molecule has 4 N–H and O–H groups in total. The molecule has 1 aromatic carbocycles. The molecule has 0 spiro atoms. The van der Waals surface area contributed by atoms with Gasteiger partial charge in [-0.25, -0.2) is 18.0 Å². The van der Waals surface area contributed by atoms with E-state index in [-0.39, 0.29) is 18.8 Å². The number of amides is 3. The molecule has 1 saturated carbocycles. The summed E-state index contributed by atoms with van der Waals surface area (Å²) in [5, 5.41) is 17.2. The molecular weight excluding hydrogens is 518 g/mol. The third-order valence-electron chi connectivity index (χ3n) is 6.44. The molecule has 37 heavy (non-hydrogen) atoms. The highest BCUT2D eigenvalue weighted by molar-refractivity contribution is 7.98. The Labute approximate surface area is 223 Å². The Bertz CT molecular complexity index is 1010. The normalized spacial score (nSPS) is 20.9. The fraction of sp³-hybridized carbons (Fsp3) is 0.640. The predicted molar refractivity (Wildman–Crippen MR) is 144 cm³/mol. The molecular formula is C25H39N3O7S2. The summed E-state index contributed by atoms with van der Waals surface area (Å²) in [7, 11) is -3.52. The minimum absolute atomic E-state index is 0.0663. The molecule has 0 bridgehead atoms. The second kappa shape index (κ2) is 13.9. The van der Waals surface area contributed by atoms with Crippen LogP contribution >= 0.6 is 11.8 Å². The number of carboxylic acid groups (broad SMARTS) is 1. The number of alkyl carbamates (subject to hydrolysis) is 1. The van der Waals surface area contributed by atoms with Crippen LogP contribution in [0.5, 0.6) is 0 Å². The van der Waals surface area contributed by atoms with Gasteiger partial charge in [0.1, 0.15) is 12.6 Å². The Hall–Kier alpha value is -2.47. The molecule has 1 aliphatic carbocycles. The van der Waals surface area contributed by atoms with Crippen LogP contribution in [0.4, 0.5) is 9.59 Å². The van der Waals surface area contributed by atoms with E-state index in [2.05, 4.69) is 16.0 Å². The van der Waals surface area contributed by atoms with Crippen LogP contribution in [0, 0.1) is 5.92 Å². The topological polar surface area (TPSA) is 151 Å². The zero-order valence-electron chi connectivity index (χ0n) is 21.9. The van der Waals surface area contributed by atoms with E-state index in [0.717, 1.165) is 5.56 Å². The zero-order chi connectivity index (χ0) is 27.6. The fourth-order valence-corrected chi connectivity index (χ4v) is 6.07. The summed E-state index contributed by atoms with van der Waals surface area (Å²) in [6.45, 7) is 4.93. The monoisotopic (exact) mass is 557 g/mol. The lowest BCUT2D eigenvalue weighted by Crippen LogP contribution is -2.55. The molecule has 1 aliphatic rings. The number of carbonyl (C=O) groups excluding carboxylic acids is 2. The van der Waals surface area contributed by atoms with Crippen LogP contribution in [0.3, 0.4) is 0 Å². The van der Waals surface area contributed by atoms with Crippen molar-refractivity contribution in [3.05, 3.63) is 35.9 Å². The molecule has 0 aromatic heterocycles. The predicted octanol–water partition coefficient (Wildman–Crippen LogP) is 3.17. The molecule has 0 heterocycles. The first-order chi connectivity index (χ1) is 17.3. The molecule has 0 radical (unpaired) electrons. The van der Waals surface area contributed by atoms with Crippen molar-refractivity contribution in [3.63, 3.8) is 0 Å².